The minimum Gasteiger partial charge on any atom is -0.258 e. The minimum atomic E-state index is -0.410. The van der Waals surface area contributed by atoms with E-state index in [0.717, 1.165) is 11.1 Å². The van der Waals surface area contributed by atoms with Crippen LogP contribution in [-0.2, 0) is 6.54 Å². The molecule has 0 N–H and O–H groups in total. The van der Waals surface area contributed by atoms with Gasteiger partial charge in [0.2, 0.25) is 5.82 Å². The van der Waals surface area contributed by atoms with Gasteiger partial charge >= 0.3 is 0 Å². The lowest BCUT2D eigenvalue weighted by Gasteiger charge is -2.01. The Bertz CT molecular complexity index is 811. The summed E-state index contributed by atoms with van der Waals surface area (Å²) in [4.78, 5) is 12.0. The molecule has 0 fully saturated rings. The van der Waals surface area contributed by atoms with Gasteiger partial charge in [0.1, 0.15) is 0 Å². The molecule has 0 amide bonds. The Balaban J connectivity index is 1.86. The average molecular weight is 295 g/mol. The van der Waals surface area contributed by atoms with Crippen molar-refractivity contribution in [1.29, 1.82) is 0 Å². The van der Waals surface area contributed by atoms with Crippen LogP contribution in [0.4, 0.5) is 5.69 Å². The van der Waals surface area contributed by atoms with Gasteiger partial charge in [-0.1, -0.05) is 48.0 Å². The molecule has 2 aromatic carbocycles. The van der Waals surface area contributed by atoms with Gasteiger partial charge in [-0.15, -0.1) is 10.2 Å². The fraction of sp³-hybridized carbons (Fsp3) is 0.133. The van der Waals surface area contributed by atoms with Crippen LogP contribution in [0.1, 0.15) is 11.1 Å². The van der Waals surface area contributed by atoms with Gasteiger partial charge < -0.3 is 0 Å². The number of rotatable bonds is 4. The molecule has 3 aromatic rings. The SMILES string of the molecule is Cc1ccc(-c2nnn(Cc3ccccc3[N+](=O)[O-])n2)cc1. The summed E-state index contributed by atoms with van der Waals surface area (Å²) in [7, 11) is 0. The van der Waals surface area contributed by atoms with E-state index < -0.39 is 4.92 Å². The summed E-state index contributed by atoms with van der Waals surface area (Å²) >= 11 is 0. The van der Waals surface area contributed by atoms with Gasteiger partial charge in [-0.25, -0.2) is 0 Å². The van der Waals surface area contributed by atoms with Crippen LogP contribution in [0.5, 0.6) is 0 Å². The third kappa shape index (κ3) is 2.83. The lowest BCUT2D eigenvalue weighted by Crippen LogP contribution is -2.06. The maximum Gasteiger partial charge on any atom is 0.274 e. The molecular weight excluding hydrogens is 282 g/mol. The molecule has 0 bridgehead atoms. The summed E-state index contributed by atoms with van der Waals surface area (Å²) in [5.74, 6) is 0.499. The third-order valence-electron chi connectivity index (χ3n) is 3.26. The molecular formula is C15H13N5O2. The van der Waals surface area contributed by atoms with Gasteiger partial charge in [0.05, 0.1) is 17.0 Å². The van der Waals surface area contributed by atoms with E-state index >= 15 is 0 Å². The first kappa shape index (κ1) is 13.9. The largest absolute Gasteiger partial charge is 0.274 e. The summed E-state index contributed by atoms with van der Waals surface area (Å²) in [5.41, 5.74) is 2.60. The molecule has 0 aliphatic heterocycles. The second kappa shape index (κ2) is 5.72. The van der Waals surface area contributed by atoms with Gasteiger partial charge in [0.25, 0.3) is 5.69 Å². The number of para-hydroxylation sites is 1. The van der Waals surface area contributed by atoms with Crippen LogP contribution in [-0.4, -0.2) is 25.1 Å². The van der Waals surface area contributed by atoms with Crippen LogP contribution in [0.25, 0.3) is 11.4 Å². The summed E-state index contributed by atoms with van der Waals surface area (Å²) in [5, 5.41) is 23.3. The molecule has 0 saturated heterocycles. The molecule has 7 heteroatoms. The monoisotopic (exact) mass is 295 g/mol. The predicted molar refractivity (Wildman–Crippen MR) is 80.2 cm³/mol. The highest BCUT2D eigenvalue weighted by molar-refractivity contribution is 5.54. The molecule has 0 aliphatic rings. The van der Waals surface area contributed by atoms with Crippen molar-refractivity contribution in [2.75, 3.05) is 0 Å². The quantitative estimate of drug-likeness (QED) is 0.545. The Kier molecular flexibility index (Phi) is 3.61. The number of hydrogen-bond donors (Lipinski definition) is 0. The molecule has 1 heterocycles. The lowest BCUT2D eigenvalue weighted by atomic mass is 10.1. The van der Waals surface area contributed by atoms with Crippen molar-refractivity contribution < 1.29 is 4.92 Å². The Morgan fingerprint density at radius 1 is 1.14 bits per heavy atom. The number of nitro benzene ring substituents is 1. The molecule has 3 rings (SSSR count). The smallest absolute Gasteiger partial charge is 0.258 e. The fourth-order valence-electron chi connectivity index (χ4n) is 2.10. The number of hydrogen-bond acceptors (Lipinski definition) is 5. The summed E-state index contributed by atoms with van der Waals surface area (Å²) in [6.07, 6.45) is 0. The maximum atomic E-state index is 11.0. The third-order valence-corrected chi connectivity index (χ3v) is 3.26. The molecule has 7 nitrogen and oxygen atoms in total. The van der Waals surface area contributed by atoms with Gasteiger partial charge in [-0.3, -0.25) is 10.1 Å². The number of tetrazole rings is 1. The number of nitrogens with zero attached hydrogens (tertiary/aromatic N) is 5. The zero-order chi connectivity index (χ0) is 15.5. The molecule has 0 spiro atoms. The van der Waals surface area contributed by atoms with Crippen LogP contribution in [0.3, 0.4) is 0 Å². The van der Waals surface area contributed by atoms with Gasteiger partial charge in [0.15, 0.2) is 0 Å². The molecule has 0 aliphatic carbocycles. The van der Waals surface area contributed by atoms with Crippen molar-refractivity contribution in [3.8, 4) is 11.4 Å². The summed E-state index contributed by atoms with van der Waals surface area (Å²) < 4.78 is 0. The Labute approximate surface area is 126 Å². The Morgan fingerprint density at radius 2 is 1.86 bits per heavy atom. The number of aryl methyl sites for hydroxylation is 1. The molecule has 0 atom stereocenters. The maximum absolute atomic E-state index is 11.0. The van der Waals surface area contributed by atoms with Crippen LogP contribution in [0, 0.1) is 17.0 Å². The van der Waals surface area contributed by atoms with E-state index in [9.17, 15) is 10.1 Å². The van der Waals surface area contributed by atoms with Crippen molar-refractivity contribution in [3.05, 3.63) is 69.8 Å². The first-order chi connectivity index (χ1) is 10.6. The van der Waals surface area contributed by atoms with E-state index in [4.69, 9.17) is 0 Å². The first-order valence-corrected chi connectivity index (χ1v) is 6.70. The highest BCUT2D eigenvalue weighted by atomic mass is 16.6. The Morgan fingerprint density at radius 3 is 2.59 bits per heavy atom. The zero-order valence-electron chi connectivity index (χ0n) is 11.9. The summed E-state index contributed by atoms with van der Waals surface area (Å²) in [6, 6.07) is 14.3. The second-order valence-electron chi connectivity index (χ2n) is 4.90. The highest BCUT2D eigenvalue weighted by Crippen LogP contribution is 2.19. The van der Waals surface area contributed by atoms with E-state index in [1.165, 1.54) is 10.9 Å². The van der Waals surface area contributed by atoms with Crippen molar-refractivity contribution in [1.82, 2.24) is 20.2 Å². The van der Waals surface area contributed by atoms with Crippen molar-refractivity contribution >= 4 is 5.69 Å². The Hall–Kier alpha value is -3.09. The number of aromatic nitrogens is 4. The molecule has 22 heavy (non-hydrogen) atoms. The van der Waals surface area contributed by atoms with E-state index in [-0.39, 0.29) is 12.2 Å². The molecule has 0 unspecified atom stereocenters. The van der Waals surface area contributed by atoms with Crippen molar-refractivity contribution in [2.24, 2.45) is 0 Å². The van der Waals surface area contributed by atoms with Crippen LogP contribution < -0.4 is 0 Å². The highest BCUT2D eigenvalue weighted by Gasteiger charge is 2.14. The molecule has 1 aromatic heterocycles. The minimum absolute atomic E-state index is 0.0525. The van der Waals surface area contributed by atoms with Gasteiger partial charge in [-0.05, 0) is 12.1 Å². The summed E-state index contributed by atoms with van der Waals surface area (Å²) in [6.45, 7) is 2.21. The molecule has 110 valence electrons. The topological polar surface area (TPSA) is 86.7 Å². The van der Waals surface area contributed by atoms with Crippen molar-refractivity contribution in [3.63, 3.8) is 0 Å². The van der Waals surface area contributed by atoms with Crippen molar-refractivity contribution in [2.45, 2.75) is 13.5 Å². The lowest BCUT2D eigenvalue weighted by molar-refractivity contribution is -0.385. The first-order valence-electron chi connectivity index (χ1n) is 6.70. The standard InChI is InChI=1S/C15H13N5O2/c1-11-6-8-12(9-7-11)15-16-18-19(17-15)10-13-4-2-3-5-14(13)20(21)22/h2-9H,10H2,1H3. The van der Waals surface area contributed by atoms with Crippen LogP contribution in [0.2, 0.25) is 0 Å². The second-order valence-corrected chi connectivity index (χ2v) is 4.90. The number of nitro groups is 1. The van der Waals surface area contributed by atoms with Crippen LogP contribution >= 0.6 is 0 Å². The number of benzene rings is 2. The normalized spacial score (nSPS) is 10.6. The zero-order valence-corrected chi connectivity index (χ0v) is 11.9. The van der Waals surface area contributed by atoms with Gasteiger partial charge in [0, 0.05) is 11.6 Å². The van der Waals surface area contributed by atoms with Gasteiger partial charge in [-0.2, -0.15) is 4.80 Å². The molecule has 0 saturated carbocycles. The van der Waals surface area contributed by atoms with E-state index in [1.54, 1.807) is 18.2 Å². The molecule has 0 radical (unpaired) electrons. The van der Waals surface area contributed by atoms with E-state index in [0.29, 0.717) is 11.4 Å². The average Bonchev–Trinajstić information content (AvgIpc) is 2.97. The fourth-order valence-corrected chi connectivity index (χ4v) is 2.10. The van der Waals surface area contributed by atoms with Crippen LogP contribution in [0.15, 0.2) is 48.5 Å². The predicted octanol–water partition coefficient (Wildman–Crippen LogP) is 2.61. The van der Waals surface area contributed by atoms with E-state index in [1.807, 2.05) is 31.2 Å². The van der Waals surface area contributed by atoms with E-state index in [2.05, 4.69) is 15.4 Å².